The molecule has 12 N–H and O–H groups in total. The summed E-state index contributed by atoms with van der Waals surface area (Å²) in [5.74, 6) is -8.77. The second-order valence-corrected chi connectivity index (χ2v) is 9.05. The minimum Gasteiger partial charge on any atom is -0.481 e. The van der Waals surface area contributed by atoms with Crippen molar-refractivity contribution in [3.05, 3.63) is 0 Å². The maximum absolute atomic E-state index is 12.9. The second-order valence-electron chi connectivity index (χ2n) is 9.05. The fraction of sp³-hybridized carbons (Fsp3) is 0.682. The normalized spacial score (nSPS) is 17.0. The van der Waals surface area contributed by atoms with Crippen LogP contribution in [0.15, 0.2) is 0 Å². The lowest BCUT2D eigenvalue weighted by molar-refractivity contribution is -0.146. The molecule has 0 unspecified atom stereocenters. The lowest BCUT2D eigenvalue weighted by Crippen LogP contribution is -2.62. The maximum Gasteiger partial charge on any atom is 0.328 e. The molecule has 18 heteroatoms. The molecule has 0 aromatic rings. The van der Waals surface area contributed by atoms with Crippen molar-refractivity contribution in [1.29, 1.82) is 0 Å². The highest BCUT2D eigenvalue weighted by atomic mass is 16.4. The summed E-state index contributed by atoms with van der Waals surface area (Å²) >= 11 is 0. The van der Waals surface area contributed by atoms with Gasteiger partial charge >= 0.3 is 17.9 Å². The van der Waals surface area contributed by atoms with Gasteiger partial charge in [-0.2, -0.15) is 0 Å². The van der Waals surface area contributed by atoms with Gasteiger partial charge in [0.2, 0.25) is 23.6 Å². The number of rotatable bonds is 18. The van der Waals surface area contributed by atoms with Gasteiger partial charge in [-0.25, -0.2) is 4.79 Å². The average Bonchev–Trinajstić information content (AvgIpc) is 2.83. The van der Waals surface area contributed by atoms with Crippen LogP contribution in [-0.2, 0) is 33.6 Å². The van der Waals surface area contributed by atoms with Crippen LogP contribution in [-0.4, -0.2) is 121 Å². The summed E-state index contributed by atoms with van der Waals surface area (Å²) in [6.07, 6.45) is -6.70. The number of carbonyl (C=O) groups excluding carboxylic acids is 4. The number of carboxylic acid groups (broad SMARTS) is 3. The standard InChI is InChI=1S/C22H37N5O13/c1-8(28)15(26-21(38)16(9(2)29)25-18(35)11(23)4-6-13(31)32)20(37)24-12(5-7-14(33)34)19(36)27-17(10(3)30)22(39)40/h8-12,15-17,28-30H,4-7,23H2,1-3H3,(H,24,37)(H,25,35)(H,26,38)(H,27,36)(H,31,32)(H,33,34)(H,39,40)/t8-,9-,10-,11+,12+,15+,16+,17+/m1/s1. The third kappa shape index (κ3) is 12.8. The molecule has 0 spiro atoms. The van der Waals surface area contributed by atoms with Crippen molar-refractivity contribution in [3.8, 4) is 0 Å². The number of nitrogens with two attached hydrogens (primary N) is 1. The monoisotopic (exact) mass is 579 g/mol. The van der Waals surface area contributed by atoms with E-state index in [0.717, 1.165) is 20.8 Å². The van der Waals surface area contributed by atoms with Crippen molar-refractivity contribution >= 4 is 41.5 Å². The lowest BCUT2D eigenvalue weighted by Gasteiger charge is -2.28. The maximum atomic E-state index is 12.9. The largest absolute Gasteiger partial charge is 0.481 e. The average molecular weight is 580 g/mol. The summed E-state index contributed by atoms with van der Waals surface area (Å²) in [7, 11) is 0. The Balaban J connectivity index is 5.73. The van der Waals surface area contributed by atoms with Gasteiger partial charge in [-0.1, -0.05) is 0 Å². The Morgan fingerprint density at radius 2 is 0.950 bits per heavy atom. The minimum absolute atomic E-state index is 0.286. The number of aliphatic carboxylic acids is 3. The molecule has 0 aromatic carbocycles. The van der Waals surface area contributed by atoms with E-state index in [-0.39, 0.29) is 6.42 Å². The van der Waals surface area contributed by atoms with E-state index in [1.54, 1.807) is 0 Å². The Kier molecular flexibility index (Phi) is 15.3. The zero-order valence-corrected chi connectivity index (χ0v) is 22.1. The van der Waals surface area contributed by atoms with Crippen LogP contribution >= 0.6 is 0 Å². The summed E-state index contributed by atoms with van der Waals surface area (Å²) in [5, 5.41) is 64.8. The first kappa shape index (κ1) is 36.1. The molecule has 40 heavy (non-hydrogen) atoms. The van der Waals surface area contributed by atoms with Crippen LogP contribution in [0.1, 0.15) is 46.5 Å². The lowest BCUT2D eigenvalue weighted by atomic mass is 10.1. The SMILES string of the molecule is C[C@@H](O)[C@H](NC(=O)[C@H](CCC(=O)O)NC(=O)[C@@H](NC(=O)[C@@H](NC(=O)[C@@H](N)CCC(=O)O)[C@@H](C)O)[C@@H](C)O)C(=O)O. The molecule has 0 aliphatic rings. The molecule has 0 aliphatic carbocycles. The molecule has 18 nitrogen and oxygen atoms in total. The van der Waals surface area contributed by atoms with Crippen molar-refractivity contribution in [1.82, 2.24) is 21.3 Å². The predicted molar refractivity (Wildman–Crippen MR) is 132 cm³/mol. The van der Waals surface area contributed by atoms with Crippen molar-refractivity contribution < 1.29 is 64.2 Å². The number of aliphatic hydroxyl groups excluding tert-OH is 3. The van der Waals surface area contributed by atoms with Crippen LogP contribution in [0.2, 0.25) is 0 Å². The third-order valence-corrected chi connectivity index (χ3v) is 5.46. The van der Waals surface area contributed by atoms with Gasteiger partial charge in [0.15, 0.2) is 6.04 Å². The Hall–Kier alpha value is -3.87. The van der Waals surface area contributed by atoms with E-state index in [9.17, 15) is 48.9 Å². The van der Waals surface area contributed by atoms with E-state index in [4.69, 9.17) is 21.1 Å². The van der Waals surface area contributed by atoms with Gasteiger partial charge in [0, 0.05) is 12.8 Å². The molecule has 0 heterocycles. The highest BCUT2D eigenvalue weighted by Gasteiger charge is 2.35. The van der Waals surface area contributed by atoms with Gasteiger partial charge in [-0.15, -0.1) is 0 Å². The highest BCUT2D eigenvalue weighted by Crippen LogP contribution is 2.05. The summed E-state index contributed by atoms with van der Waals surface area (Å²) in [4.78, 5) is 83.6. The van der Waals surface area contributed by atoms with Crippen LogP contribution < -0.4 is 27.0 Å². The highest BCUT2D eigenvalue weighted by molar-refractivity contribution is 5.96. The molecule has 0 saturated heterocycles. The summed E-state index contributed by atoms with van der Waals surface area (Å²) in [5.41, 5.74) is 5.59. The molecular weight excluding hydrogens is 542 g/mol. The van der Waals surface area contributed by atoms with E-state index in [1.165, 1.54) is 0 Å². The van der Waals surface area contributed by atoms with E-state index in [0.29, 0.717) is 0 Å². The van der Waals surface area contributed by atoms with Gasteiger partial charge in [0.1, 0.15) is 18.1 Å². The van der Waals surface area contributed by atoms with Gasteiger partial charge < -0.3 is 57.6 Å². The molecule has 228 valence electrons. The number of carbonyl (C=O) groups is 7. The Labute approximate surface area is 228 Å². The number of carboxylic acids is 3. The van der Waals surface area contributed by atoms with Gasteiger partial charge in [0.05, 0.1) is 24.4 Å². The van der Waals surface area contributed by atoms with Gasteiger partial charge in [-0.05, 0) is 33.6 Å². The first-order valence-electron chi connectivity index (χ1n) is 12.1. The van der Waals surface area contributed by atoms with E-state index in [2.05, 4.69) is 16.0 Å². The van der Waals surface area contributed by atoms with Gasteiger partial charge in [0.25, 0.3) is 0 Å². The molecule has 4 amide bonds. The Morgan fingerprint density at radius 1 is 0.575 bits per heavy atom. The molecule has 0 bridgehead atoms. The smallest absolute Gasteiger partial charge is 0.328 e. The molecule has 0 radical (unpaired) electrons. The van der Waals surface area contributed by atoms with Crippen LogP contribution in [0.25, 0.3) is 0 Å². The van der Waals surface area contributed by atoms with Crippen molar-refractivity contribution in [3.63, 3.8) is 0 Å². The first-order chi connectivity index (χ1) is 18.4. The van der Waals surface area contributed by atoms with E-state index < -0.39 is 109 Å². The molecule has 0 saturated carbocycles. The summed E-state index contributed by atoms with van der Waals surface area (Å²) in [6.45, 7) is 3.25. The topological polar surface area (TPSA) is 315 Å². The van der Waals surface area contributed by atoms with Crippen molar-refractivity contribution in [2.75, 3.05) is 0 Å². The van der Waals surface area contributed by atoms with Crippen LogP contribution in [0.4, 0.5) is 0 Å². The molecule has 0 aromatic heterocycles. The first-order valence-corrected chi connectivity index (χ1v) is 12.1. The zero-order valence-electron chi connectivity index (χ0n) is 22.1. The van der Waals surface area contributed by atoms with Gasteiger partial charge in [-0.3, -0.25) is 28.8 Å². The number of amides is 4. The van der Waals surface area contributed by atoms with Crippen LogP contribution in [0.5, 0.6) is 0 Å². The molecule has 8 atom stereocenters. The molecule has 0 aliphatic heterocycles. The van der Waals surface area contributed by atoms with E-state index in [1.807, 2.05) is 5.32 Å². The number of hydrogen-bond acceptors (Lipinski definition) is 11. The predicted octanol–water partition coefficient (Wildman–Crippen LogP) is -4.79. The summed E-state index contributed by atoms with van der Waals surface area (Å²) < 4.78 is 0. The quantitative estimate of drug-likeness (QED) is 0.0726. The zero-order chi connectivity index (χ0) is 31.3. The van der Waals surface area contributed by atoms with Crippen LogP contribution in [0, 0.1) is 0 Å². The molecule has 0 fully saturated rings. The van der Waals surface area contributed by atoms with Crippen molar-refractivity contribution in [2.45, 2.75) is 95.0 Å². The third-order valence-electron chi connectivity index (χ3n) is 5.46. The fourth-order valence-electron chi connectivity index (χ4n) is 3.16. The second kappa shape index (κ2) is 17.0. The number of hydrogen-bond donors (Lipinski definition) is 11. The minimum atomic E-state index is -1.82. The molecule has 0 rings (SSSR count). The molecular formula is C22H37N5O13. The van der Waals surface area contributed by atoms with Crippen LogP contribution in [0.3, 0.4) is 0 Å². The fourth-order valence-corrected chi connectivity index (χ4v) is 3.16. The van der Waals surface area contributed by atoms with Crippen molar-refractivity contribution in [2.24, 2.45) is 5.73 Å². The summed E-state index contributed by atoms with van der Waals surface area (Å²) in [6, 6.07) is -8.38. The Morgan fingerprint density at radius 3 is 1.35 bits per heavy atom. The number of aliphatic hydroxyl groups is 3. The number of nitrogens with one attached hydrogen (secondary N) is 4. The Bertz CT molecular complexity index is 940. The van der Waals surface area contributed by atoms with E-state index >= 15 is 0 Å².